The molecule has 2 aliphatic rings. The van der Waals surface area contributed by atoms with E-state index in [2.05, 4.69) is 10.6 Å². The van der Waals surface area contributed by atoms with Crippen molar-refractivity contribution in [2.45, 2.75) is 19.9 Å². The maximum atomic E-state index is 11.6. The highest BCUT2D eigenvalue weighted by Crippen LogP contribution is 2.34. The molecule has 0 radical (unpaired) electrons. The molecule has 1 aliphatic heterocycles. The van der Waals surface area contributed by atoms with Crippen LogP contribution in [0.1, 0.15) is 13.8 Å². The first-order chi connectivity index (χ1) is 7.50. The van der Waals surface area contributed by atoms with E-state index in [1.165, 1.54) is 6.92 Å². The number of hydrogen-bond donors (Lipinski definition) is 2. The standard InChI is InChI=1S/C11H14N2O3/c1-5-3-4-7(12-6(2)14)9-8(5)10(15)13-11(9)16/h3-5,7-9H,1-2H3,(H,12,14)(H,13,15,16)/t5?,7-,8+,9-/m1/s1. The van der Waals surface area contributed by atoms with Gasteiger partial charge < -0.3 is 5.32 Å². The van der Waals surface area contributed by atoms with E-state index in [4.69, 9.17) is 0 Å². The summed E-state index contributed by atoms with van der Waals surface area (Å²) in [5.74, 6) is -1.51. The Morgan fingerprint density at radius 2 is 1.88 bits per heavy atom. The topological polar surface area (TPSA) is 75.3 Å². The Labute approximate surface area is 93.3 Å². The zero-order valence-electron chi connectivity index (χ0n) is 9.19. The van der Waals surface area contributed by atoms with Crippen LogP contribution in [-0.2, 0) is 14.4 Å². The number of hydrogen-bond acceptors (Lipinski definition) is 3. The molecule has 3 amide bonds. The molecule has 0 spiro atoms. The van der Waals surface area contributed by atoms with Crippen molar-refractivity contribution in [3.05, 3.63) is 12.2 Å². The molecule has 0 aromatic heterocycles. The van der Waals surface area contributed by atoms with Gasteiger partial charge in [-0.05, 0) is 5.92 Å². The lowest BCUT2D eigenvalue weighted by Crippen LogP contribution is -2.46. The van der Waals surface area contributed by atoms with Crippen LogP contribution in [0.15, 0.2) is 12.2 Å². The van der Waals surface area contributed by atoms with Crippen LogP contribution < -0.4 is 10.6 Å². The van der Waals surface area contributed by atoms with Gasteiger partial charge in [-0.3, -0.25) is 19.7 Å². The van der Waals surface area contributed by atoms with Crippen LogP contribution in [0.25, 0.3) is 0 Å². The Bertz CT molecular complexity index is 389. The zero-order valence-corrected chi connectivity index (χ0v) is 9.19. The maximum Gasteiger partial charge on any atom is 0.232 e. The highest BCUT2D eigenvalue weighted by molar-refractivity contribution is 6.06. The average molecular weight is 222 g/mol. The number of carbonyl (C=O) groups is 3. The summed E-state index contributed by atoms with van der Waals surface area (Å²) in [5, 5.41) is 5.01. The van der Waals surface area contributed by atoms with Crippen LogP contribution in [0, 0.1) is 17.8 Å². The second kappa shape index (κ2) is 3.73. The fourth-order valence-corrected chi connectivity index (χ4v) is 2.47. The Morgan fingerprint density at radius 1 is 1.25 bits per heavy atom. The number of rotatable bonds is 1. The molecule has 5 heteroatoms. The first kappa shape index (κ1) is 10.9. The molecule has 2 N–H and O–H groups in total. The molecule has 16 heavy (non-hydrogen) atoms. The predicted molar refractivity (Wildman–Crippen MR) is 56.0 cm³/mol. The lowest BCUT2D eigenvalue weighted by Gasteiger charge is -2.30. The summed E-state index contributed by atoms with van der Waals surface area (Å²) in [7, 11) is 0. The van der Waals surface area contributed by atoms with Gasteiger partial charge in [0.2, 0.25) is 17.7 Å². The Kier molecular flexibility index (Phi) is 2.53. The van der Waals surface area contributed by atoms with E-state index in [9.17, 15) is 14.4 Å². The summed E-state index contributed by atoms with van der Waals surface area (Å²) in [6, 6.07) is -0.370. The number of allylic oxidation sites excluding steroid dienone is 1. The Hall–Kier alpha value is -1.65. The summed E-state index contributed by atoms with van der Waals surface area (Å²) in [5.41, 5.74) is 0. The molecule has 1 heterocycles. The second-order valence-electron chi connectivity index (χ2n) is 4.38. The summed E-state index contributed by atoms with van der Waals surface area (Å²) in [6.07, 6.45) is 3.67. The van der Waals surface area contributed by atoms with Gasteiger partial charge in [-0.25, -0.2) is 0 Å². The van der Waals surface area contributed by atoms with Gasteiger partial charge in [-0.2, -0.15) is 0 Å². The van der Waals surface area contributed by atoms with Gasteiger partial charge in [-0.15, -0.1) is 0 Å². The molecular formula is C11H14N2O3. The molecule has 0 saturated carbocycles. The monoisotopic (exact) mass is 222 g/mol. The first-order valence-corrected chi connectivity index (χ1v) is 5.31. The third kappa shape index (κ3) is 1.62. The third-order valence-corrected chi connectivity index (χ3v) is 3.18. The summed E-state index contributed by atoms with van der Waals surface area (Å²) >= 11 is 0. The van der Waals surface area contributed by atoms with Crippen molar-refractivity contribution in [3.8, 4) is 0 Å². The van der Waals surface area contributed by atoms with Crippen LogP contribution in [0.2, 0.25) is 0 Å². The highest BCUT2D eigenvalue weighted by Gasteiger charge is 2.49. The number of fused-ring (bicyclic) bond motifs is 1. The van der Waals surface area contributed by atoms with Crippen molar-refractivity contribution in [2.75, 3.05) is 0 Å². The van der Waals surface area contributed by atoms with Gasteiger partial charge in [0.1, 0.15) is 0 Å². The SMILES string of the molecule is CC(=O)N[C@@H]1C=CC(C)[C@@H]2C(=O)NC(=O)[C@H]12. The van der Waals surface area contributed by atoms with Crippen LogP contribution >= 0.6 is 0 Å². The molecule has 0 bridgehead atoms. The van der Waals surface area contributed by atoms with Crippen LogP contribution in [-0.4, -0.2) is 23.8 Å². The second-order valence-corrected chi connectivity index (χ2v) is 4.38. The molecule has 1 unspecified atom stereocenters. The molecule has 2 rings (SSSR count). The van der Waals surface area contributed by atoms with Gasteiger partial charge in [0.05, 0.1) is 17.9 Å². The van der Waals surface area contributed by atoms with Gasteiger partial charge in [0.15, 0.2) is 0 Å². The zero-order chi connectivity index (χ0) is 11.9. The molecule has 1 fully saturated rings. The summed E-state index contributed by atoms with van der Waals surface area (Å²) < 4.78 is 0. The molecule has 0 aromatic rings. The Balaban J connectivity index is 2.29. The number of nitrogens with one attached hydrogen (secondary N) is 2. The van der Waals surface area contributed by atoms with Crippen LogP contribution in [0.5, 0.6) is 0 Å². The molecule has 5 nitrogen and oxygen atoms in total. The minimum absolute atomic E-state index is 0.0291. The molecule has 1 saturated heterocycles. The molecular weight excluding hydrogens is 208 g/mol. The van der Waals surface area contributed by atoms with E-state index < -0.39 is 5.92 Å². The van der Waals surface area contributed by atoms with Crippen LogP contribution in [0.4, 0.5) is 0 Å². The van der Waals surface area contributed by atoms with Crippen molar-refractivity contribution in [3.63, 3.8) is 0 Å². The average Bonchev–Trinajstić information content (AvgIpc) is 2.47. The summed E-state index contributed by atoms with van der Waals surface area (Å²) in [6.45, 7) is 3.30. The van der Waals surface area contributed by atoms with Crippen LogP contribution in [0.3, 0.4) is 0 Å². The summed E-state index contributed by atoms with van der Waals surface area (Å²) in [4.78, 5) is 34.2. The van der Waals surface area contributed by atoms with E-state index in [1.807, 2.05) is 13.0 Å². The van der Waals surface area contributed by atoms with Crippen molar-refractivity contribution in [2.24, 2.45) is 17.8 Å². The van der Waals surface area contributed by atoms with E-state index in [0.717, 1.165) is 0 Å². The lowest BCUT2D eigenvalue weighted by molar-refractivity contribution is -0.126. The van der Waals surface area contributed by atoms with E-state index >= 15 is 0 Å². The van der Waals surface area contributed by atoms with E-state index in [-0.39, 0.29) is 35.6 Å². The van der Waals surface area contributed by atoms with Gasteiger partial charge in [-0.1, -0.05) is 19.1 Å². The smallest absolute Gasteiger partial charge is 0.232 e. The highest BCUT2D eigenvalue weighted by atomic mass is 16.2. The minimum atomic E-state index is -0.462. The molecule has 86 valence electrons. The van der Waals surface area contributed by atoms with Crippen molar-refractivity contribution in [1.29, 1.82) is 0 Å². The minimum Gasteiger partial charge on any atom is -0.349 e. The van der Waals surface area contributed by atoms with E-state index in [0.29, 0.717) is 0 Å². The Morgan fingerprint density at radius 3 is 2.50 bits per heavy atom. The van der Waals surface area contributed by atoms with Gasteiger partial charge in [0, 0.05) is 6.92 Å². The number of carbonyl (C=O) groups excluding carboxylic acids is 3. The number of imide groups is 1. The molecule has 4 atom stereocenters. The molecule has 0 aromatic carbocycles. The quantitative estimate of drug-likeness (QED) is 0.467. The van der Waals surface area contributed by atoms with Crippen molar-refractivity contribution >= 4 is 17.7 Å². The van der Waals surface area contributed by atoms with Crippen molar-refractivity contribution in [1.82, 2.24) is 10.6 Å². The third-order valence-electron chi connectivity index (χ3n) is 3.18. The lowest BCUT2D eigenvalue weighted by atomic mass is 9.75. The fourth-order valence-electron chi connectivity index (χ4n) is 2.47. The normalized spacial score (nSPS) is 36.9. The molecule has 1 aliphatic carbocycles. The first-order valence-electron chi connectivity index (χ1n) is 5.31. The van der Waals surface area contributed by atoms with Gasteiger partial charge >= 0.3 is 0 Å². The van der Waals surface area contributed by atoms with Crippen molar-refractivity contribution < 1.29 is 14.4 Å². The van der Waals surface area contributed by atoms with Gasteiger partial charge in [0.25, 0.3) is 0 Å². The largest absolute Gasteiger partial charge is 0.349 e. The maximum absolute atomic E-state index is 11.6. The fraction of sp³-hybridized carbons (Fsp3) is 0.545. The predicted octanol–water partition coefficient (Wildman–Crippen LogP) is -0.414. The number of amides is 3. The van der Waals surface area contributed by atoms with E-state index in [1.54, 1.807) is 6.08 Å².